The molecule has 0 bridgehead atoms. The number of hydrogen-bond acceptors (Lipinski definition) is 1. The van der Waals surface area contributed by atoms with Crippen LogP contribution >= 0.6 is 0 Å². The smallest absolute Gasteiger partial charge is 0 e. The summed E-state index contributed by atoms with van der Waals surface area (Å²) < 4.78 is 19.0. The van der Waals surface area contributed by atoms with Gasteiger partial charge < -0.3 is 0 Å². The molecule has 4 heteroatoms. The predicted molar refractivity (Wildman–Crippen MR) is 34.1 cm³/mol. The Morgan fingerprint density at radius 3 is 2.25 bits per heavy atom. The van der Waals surface area contributed by atoms with Crippen molar-refractivity contribution in [3.05, 3.63) is 0 Å². The molecular formula is C4H10O2Sn2. The second-order valence-corrected chi connectivity index (χ2v) is 5.17. The fraction of sp³-hybridized carbons (Fsp3) is 1.00. The quantitative estimate of drug-likeness (QED) is 0.758. The minimum Gasteiger partial charge on any atom is 0 e. The maximum Gasteiger partial charge on any atom is 0 e. The predicted octanol–water partition coefficient (Wildman–Crippen LogP) is 0.317. The fourth-order valence-corrected chi connectivity index (χ4v) is 2.20. The molecule has 0 aromatic heterocycles. The summed E-state index contributed by atoms with van der Waals surface area (Å²) in [6.45, 7) is 2.02. The van der Waals surface area contributed by atoms with Gasteiger partial charge in [-0.2, -0.15) is 0 Å². The summed E-state index contributed by atoms with van der Waals surface area (Å²) in [6.07, 6.45) is 1.96. The average molecular weight is 328 g/mol. The Morgan fingerprint density at radius 2 is 2.12 bits per heavy atom. The van der Waals surface area contributed by atoms with Gasteiger partial charge in [0.2, 0.25) is 0 Å². The molecule has 0 aliphatic heterocycles. The van der Waals surface area contributed by atoms with Gasteiger partial charge in [0.1, 0.15) is 0 Å². The van der Waals surface area contributed by atoms with Crippen molar-refractivity contribution in [2.75, 3.05) is 0 Å². The van der Waals surface area contributed by atoms with Crippen LogP contribution in [-0.4, -0.2) is 47.5 Å². The van der Waals surface area contributed by atoms with Crippen molar-refractivity contribution >= 4 is 44.1 Å². The van der Waals surface area contributed by atoms with Gasteiger partial charge in [0.05, 0.1) is 0 Å². The third-order valence-electron chi connectivity index (χ3n) is 0.744. The number of rotatable bonds is 3. The molecule has 46 valence electrons. The Morgan fingerprint density at radius 1 is 1.62 bits per heavy atom. The van der Waals surface area contributed by atoms with E-state index in [-0.39, 0.29) is 23.9 Å². The van der Waals surface area contributed by atoms with Crippen LogP contribution in [0.25, 0.3) is 0 Å². The van der Waals surface area contributed by atoms with E-state index >= 15 is 0 Å². The normalized spacial score (nSPS) is 7.75. The van der Waals surface area contributed by atoms with E-state index in [1.54, 1.807) is 0 Å². The summed E-state index contributed by atoms with van der Waals surface area (Å²) in [4.78, 5) is 0. The summed E-state index contributed by atoms with van der Waals surface area (Å²) in [6, 6.07) is 0. The molecular weight excluding hydrogens is 317 g/mol. The second-order valence-electron chi connectivity index (χ2n) is 1.50. The van der Waals surface area contributed by atoms with Crippen molar-refractivity contribution in [1.29, 1.82) is 0 Å². The molecule has 0 heterocycles. The first-order valence-corrected chi connectivity index (χ1v) is 6.95. The Labute approximate surface area is 74.3 Å². The second kappa shape index (κ2) is 8.36. The van der Waals surface area contributed by atoms with Gasteiger partial charge in [0.25, 0.3) is 0 Å². The van der Waals surface area contributed by atoms with E-state index in [4.69, 9.17) is 3.44 Å². The Bertz CT molecular complexity index is 65.1. The molecule has 0 rings (SSSR count). The molecule has 0 aliphatic rings. The standard InChI is InChI=1S/C4H9.H2O.O.2Sn/c1-3-4-2;;;;/h1,3-4H2,2H3;1H2;;;/q;;;;+1/p-1. The summed E-state index contributed by atoms with van der Waals surface area (Å²) in [5.41, 5.74) is 0. The first kappa shape index (κ1) is 12.1. The largest absolute Gasteiger partial charge is 0 e. The van der Waals surface area contributed by atoms with E-state index in [9.17, 15) is 3.08 Å². The van der Waals surface area contributed by atoms with E-state index < -0.39 is 20.2 Å². The van der Waals surface area contributed by atoms with Gasteiger partial charge >= 0.3 is 50.9 Å². The molecule has 0 aromatic carbocycles. The van der Waals surface area contributed by atoms with Crippen molar-refractivity contribution in [3.8, 4) is 0 Å². The first-order valence-electron chi connectivity index (χ1n) is 2.49. The zero-order valence-electron chi connectivity index (χ0n) is 4.98. The zero-order valence-corrected chi connectivity index (χ0v) is 10.7. The molecule has 0 fully saturated rings. The molecule has 0 aliphatic carbocycles. The van der Waals surface area contributed by atoms with Gasteiger partial charge in [-0.3, -0.25) is 0 Å². The van der Waals surface area contributed by atoms with Crippen molar-refractivity contribution in [2.45, 2.75) is 24.2 Å². The molecule has 0 aromatic rings. The Hall–Kier alpha value is 1.36. The molecule has 0 unspecified atom stereocenters. The minimum absolute atomic E-state index is 0. The SMILES string of the molecule is CCC[CH2][Sn](=[O])[OH].[Sn]. The monoisotopic (exact) mass is 330 g/mol. The van der Waals surface area contributed by atoms with Crippen molar-refractivity contribution in [1.82, 2.24) is 0 Å². The first-order chi connectivity index (χ1) is 3.27. The average Bonchev–Trinajstić information content (AvgIpc) is 1.61. The van der Waals surface area contributed by atoms with Crippen LogP contribution in [0.3, 0.4) is 0 Å². The number of hydrogen-bond donors (Lipinski definition) is 1. The third-order valence-corrected chi connectivity index (χ3v) is 2.97. The van der Waals surface area contributed by atoms with Gasteiger partial charge in [-0.1, -0.05) is 0 Å². The van der Waals surface area contributed by atoms with E-state index in [0.717, 1.165) is 12.8 Å². The van der Waals surface area contributed by atoms with Gasteiger partial charge in [-0.05, 0) is 0 Å². The van der Waals surface area contributed by atoms with Crippen LogP contribution in [0.4, 0.5) is 0 Å². The van der Waals surface area contributed by atoms with Crippen molar-refractivity contribution in [3.63, 3.8) is 0 Å². The van der Waals surface area contributed by atoms with Crippen molar-refractivity contribution in [2.24, 2.45) is 0 Å². The molecule has 1 N–H and O–H groups in total. The molecule has 0 spiro atoms. The van der Waals surface area contributed by atoms with Gasteiger partial charge in [-0.25, -0.2) is 0 Å². The summed E-state index contributed by atoms with van der Waals surface area (Å²) >= 11 is -2.89. The summed E-state index contributed by atoms with van der Waals surface area (Å²) in [5.74, 6) is 0. The molecule has 0 atom stereocenters. The van der Waals surface area contributed by atoms with Crippen LogP contribution in [0.15, 0.2) is 0 Å². The molecule has 4 radical (unpaired) electrons. The molecule has 0 amide bonds. The van der Waals surface area contributed by atoms with E-state index in [1.807, 2.05) is 6.92 Å². The van der Waals surface area contributed by atoms with Crippen LogP contribution in [0.2, 0.25) is 4.44 Å². The van der Waals surface area contributed by atoms with E-state index in [1.165, 1.54) is 0 Å². The minimum atomic E-state index is -2.89. The van der Waals surface area contributed by atoms with E-state index in [2.05, 4.69) is 0 Å². The summed E-state index contributed by atoms with van der Waals surface area (Å²) in [5, 5.41) is 0. The van der Waals surface area contributed by atoms with Gasteiger partial charge in [-0.15, -0.1) is 0 Å². The zero-order chi connectivity index (χ0) is 5.70. The van der Waals surface area contributed by atoms with Crippen LogP contribution < -0.4 is 0 Å². The Kier molecular flexibility index (Phi) is 12.6. The van der Waals surface area contributed by atoms with Crippen LogP contribution in [0, 0.1) is 0 Å². The maximum atomic E-state index is 10.0. The van der Waals surface area contributed by atoms with Crippen molar-refractivity contribution < 1.29 is 6.52 Å². The van der Waals surface area contributed by atoms with Crippen LogP contribution in [-0.2, 0) is 3.08 Å². The molecule has 0 saturated carbocycles. The molecule has 2 nitrogen and oxygen atoms in total. The molecule has 8 heavy (non-hydrogen) atoms. The fourth-order valence-electron chi connectivity index (χ4n) is 0.328. The topological polar surface area (TPSA) is 37.3 Å². The van der Waals surface area contributed by atoms with Crippen LogP contribution in [0.5, 0.6) is 0 Å². The Balaban J connectivity index is 0. The maximum absolute atomic E-state index is 10.0. The molecule has 0 saturated heterocycles. The van der Waals surface area contributed by atoms with E-state index in [0.29, 0.717) is 4.44 Å². The van der Waals surface area contributed by atoms with Gasteiger partial charge in [0, 0.05) is 23.9 Å². The number of unbranched alkanes of at least 4 members (excludes halogenated alkanes) is 1. The van der Waals surface area contributed by atoms with Gasteiger partial charge in [0.15, 0.2) is 0 Å². The third kappa shape index (κ3) is 10.4. The van der Waals surface area contributed by atoms with Crippen LogP contribution in [0.1, 0.15) is 19.8 Å². The summed E-state index contributed by atoms with van der Waals surface area (Å²) in [7, 11) is 0.